The second-order valence-electron chi connectivity index (χ2n) is 5.45. The first kappa shape index (κ1) is 15.9. The Bertz CT molecular complexity index is 690. The van der Waals surface area contributed by atoms with Gasteiger partial charge >= 0.3 is 6.03 Å². The van der Waals surface area contributed by atoms with Gasteiger partial charge in [0.1, 0.15) is 11.2 Å². The molecule has 1 fully saturated rings. The molecule has 1 atom stereocenters. The van der Waals surface area contributed by atoms with Crippen LogP contribution in [-0.2, 0) is 6.42 Å². The molecule has 23 heavy (non-hydrogen) atoms. The molecule has 0 aliphatic carbocycles. The Morgan fingerprint density at radius 3 is 2.83 bits per heavy atom. The summed E-state index contributed by atoms with van der Waals surface area (Å²) in [6, 6.07) is 14.1. The molecule has 2 amide bonds. The fraction of sp³-hybridized carbons (Fsp3) is 0.278. The van der Waals surface area contributed by atoms with Crippen molar-refractivity contribution in [3.05, 3.63) is 65.5 Å². The van der Waals surface area contributed by atoms with E-state index in [1.54, 1.807) is 28.8 Å². The second-order valence-corrected chi connectivity index (χ2v) is 6.64. The van der Waals surface area contributed by atoms with Crippen LogP contribution in [0.5, 0.6) is 0 Å². The predicted octanol–water partition coefficient (Wildman–Crippen LogP) is 4.67. The molecule has 1 N–H and O–H groups in total. The average molecular weight is 330 g/mol. The lowest BCUT2D eigenvalue weighted by atomic mass is 10.1. The van der Waals surface area contributed by atoms with Crippen LogP contribution < -0.4 is 5.32 Å². The molecule has 3 nitrogen and oxygen atoms in total. The van der Waals surface area contributed by atoms with Crippen molar-refractivity contribution >= 4 is 23.5 Å². The molecule has 1 aliphatic rings. The second kappa shape index (κ2) is 7.04. The summed E-state index contributed by atoms with van der Waals surface area (Å²) >= 11 is 1.70. The van der Waals surface area contributed by atoms with Gasteiger partial charge in [-0.2, -0.15) is 0 Å². The Morgan fingerprint density at radius 1 is 1.30 bits per heavy atom. The van der Waals surface area contributed by atoms with Gasteiger partial charge in [0.25, 0.3) is 0 Å². The molecule has 2 aromatic rings. The molecule has 0 unspecified atom stereocenters. The van der Waals surface area contributed by atoms with Gasteiger partial charge in [0.2, 0.25) is 0 Å². The lowest BCUT2D eigenvalue weighted by Gasteiger charge is -2.24. The Kier molecular flexibility index (Phi) is 4.86. The predicted molar refractivity (Wildman–Crippen MR) is 93.1 cm³/mol. The fourth-order valence-corrected chi connectivity index (χ4v) is 3.90. The summed E-state index contributed by atoms with van der Waals surface area (Å²) in [5.41, 5.74) is 2.95. The number of amides is 2. The third-order valence-electron chi connectivity index (χ3n) is 3.89. The van der Waals surface area contributed by atoms with Crippen molar-refractivity contribution < 1.29 is 9.18 Å². The molecule has 2 aromatic carbocycles. The number of benzene rings is 2. The van der Waals surface area contributed by atoms with Crippen LogP contribution in [0.2, 0.25) is 0 Å². The number of urea groups is 1. The third-order valence-corrected chi connectivity index (χ3v) is 5.15. The normalized spacial score (nSPS) is 17.3. The van der Waals surface area contributed by atoms with Gasteiger partial charge in [0.05, 0.1) is 0 Å². The number of carbonyl (C=O) groups is 1. The van der Waals surface area contributed by atoms with Crippen LogP contribution in [0.25, 0.3) is 0 Å². The number of thioether (sulfide) groups is 1. The Balaban J connectivity index is 1.74. The lowest BCUT2D eigenvalue weighted by Crippen LogP contribution is -2.34. The molecule has 0 bridgehead atoms. The van der Waals surface area contributed by atoms with Crippen molar-refractivity contribution in [3.8, 4) is 0 Å². The number of hydrogen-bond donors (Lipinski definition) is 1. The number of hydrogen-bond acceptors (Lipinski definition) is 2. The first-order valence-corrected chi connectivity index (χ1v) is 8.76. The van der Waals surface area contributed by atoms with Crippen LogP contribution in [0.3, 0.4) is 0 Å². The summed E-state index contributed by atoms with van der Waals surface area (Å²) in [7, 11) is 0. The van der Waals surface area contributed by atoms with Crippen molar-refractivity contribution in [2.75, 3.05) is 17.6 Å². The van der Waals surface area contributed by atoms with Crippen LogP contribution in [0.4, 0.5) is 14.9 Å². The van der Waals surface area contributed by atoms with Crippen LogP contribution in [0.15, 0.2) is 48.5 Å². The molecular weight excluding hydrogens is 311 g/mol. The Hall–Kier alpha value is -2.01. The minimum Gasteiger partial charge on any atom is -0.308 e. The molecule has 0 spiro atoms. The maximum absolute atomic E-state index is 13.1. The van der Waals surface area contributed by atoms with E-state index in [9.17, 15) is 9.18 Å². The first-order chi connectivity index (χ1) is 11.2. The van der Waals surface area contributed by atoms with Gasteiger partial charge in [-0.3, -0.25) is 0 Å². The number of nitrogens with one attached hydrogen (secondary N) is 1. The summed E-state index contributed by atoms with van der Waals surface area (Å²) in [5.74, 6) is 0.619. The molecule has 120 valence electrons. The molecule has 1 heterocycles. The summed E-state index contributed by atoms with van der Waals surface area (Å²) in [5, 5.41) is 2.90. The van der Waals surface area contributed by atoms with E-state index in [1.807, 2.05) is 24.3 Å². The average Bonchev–Trinajstić information content (AvgIpc) is 3.05. The van der Waals surface area contributed by atoms with Gasteiger partial charge in [-0.25, -0.2) is 9.18 Å². The number of halogens is 1. The molecule has 0 radical (unpaired) electrons. The van der Waals surface area contributed by atoms with E-state index in [2.05, 4.69) is 12.2 Å². The Morgan fingerprint density at radius 2 is 2.09 bits per heavy atom. The smallest absolute Gasteiger partial charge is 0.308 e. The van der Waals surface area contributed by atoms with Gasteiger partial charge in [-0.1, -0.05) is 31.2 Å². The summed E-state index contributed by atoms with van der Waals surface area (Å²) in [4.78, 5) is 14.4. The van der Waals surface area contributed by atoms with Crippen molar-refractivity contribution in [3.63, 3.8) is 0 Å². The zero-order chi connectivity index (χ0) is 16.2. The largest absolute Gasteiger partial charge is 0.323 e. The number of anilines is 1. The lowest BCUT2D eigenvalue weighted by molar-refractivity contribution is 0.214. The van der Waals surface area contributed by atoms with Crippen LogP contribution in [0.1, 0.15) is 23.4 Å². The first-order valence-electron chi connectivity index (χ1n) is 7.71. The SMILES string of the molecule is CCc1cccc(NC(=O)N2CCS[C@@H]2c2ccc(F)cc2)c1. The third kappa shape index (κ3) is 3.67. The topological polar surface area (TPSA) is 32.3 Å². The molecule has 0 saturated carbocycles. The van der Waals surface area contributed by atoms with Crippen LogP contribution in [-0.4, -0.2) is 23.2 Å². The maximum atomic E-state index is 13.1. The van der Waals surface area contributed by atoms with Gasteiger partial charge in [0, 0.05) is 18.0 Å². The monoisotopic (exact) mass is 330 g/mol. The highest BCUT2D eigenvalue weighted by molar-refractivity contribution is 7.99. The zero-order valence-corrected chi connectivity index (χ0v) is 13.8. The standard InChI is InChI=1S/C18H19FN2OS/c1-2-13-4-3-5-16(12-13)20-18(22)21-10-11-23-17(21)14-6-8-15(19)9-7-14/h3-9,12,17H,2,10-11H2,1H3,(H,20,22)/t17-/m1/s1. The van der Waals surface area contributed by atoms with Gasteiger partial charge in [-0.05, 0) is 41.8 Å². The number of aryl methyl sites for hydroxylation is 1. The van der Waals surface area contributed by atoms with E-state index < -0.39 is 0 Å². The summed E-state index contributed by atoms with van der Waals surface area (Å²) < 4.78 is 13.1. The van der Waals surface area contributed by atoms with E-state index in [0.717, 1.165) is 23.4 Å². The Labute approximate surface area is 139 Å². The fourth-order valence-electron chi connectivity index (χ4n) is 2.65. The van der Waals surface area contributed by atoms with Crippen LogP contribution in [0, 0.1) is 5.82 Å². The highest BCUT2D eigenvalue weighted by Crippen LogP contribution is 2.38. The number of rotatable bonds is 3. The van der Waals surface area contributed by atoms with Gasteiger partial charge in [-0.15, -0.1) is 11.8 Å². The minimum atomic E-state index is -0.260. The van der Waals surface area contributed by atoms with Crippen molar-refractivity contribution in [1.82, 2.24) is 4.90 Å². The van der Waals surface area contributed by atoms with Crippen LogP contribution >= 0.6 is 11.8 Å². The summed E-state index contributed by atoms with van der Waals surface area (Å²) in [6.07, 6.45) is 0.932. The zero-order valence-electron chi connectivity index (χ0n) is 13.0. The minimum absolute atomic E-state index is 0.0649. The van der Waals surface area contributed by atoms with E-state index in [1.165, 1.54) is 17.7 Å². The molecule has 5 heteroatoms. The highest BCUT2D eigenvalue weighted by Gasteiger charge is 2.30. The molecule has 0 aromatic heterocycles. The van der Waals surface area contributed by atoms with Gasteiger partial charge < -0.3 is 10.2 Å². The highest BCUT2D eigenvalue weighted by atomic mass is 32.2. The molecular formula is C18H19FN2OS. The van der Waals surface area contributed by atoms with E-state index in [-0.39, 0.29) is 17.2 Å². The van der Waals surface area contributed by atoms with Crippen molar-refractivity contribution in [2.24, 2.45) is 0 Å². The van der Waals surface area contributed by atoms with Crippen molar-refractivity contribution in [1.29, 1.82) is 0 Å². The van der Waals surface area contributed by atoms with Crippen molar-refractivity contribution in [2.45, 2.75) is 18.7 Å². The summed E-state index contributed by atoms with van der Waals surface area (Å²) in [6.45, 7) is 2.77. The van der Waals surface area contributed by atoms with Gasteiger partial charge in [0.15, 0.2) is 0 Å². The number of nitrogens with zero attached hydrogens (tertiary/aromatic N) is 1. The quantitative estimate of drug-likeness (QED) is 0.887. The number of carbonyl (C=O) groups excluding carboxylic acids is 1. The van der Waals surface area contributed by atoms with E-state index in [4.69, 9.17) is 0 Å². The molecule has 1 aliphatic heterocycles. The van der Waals surface area contributed by atoms with E-state index >= 15 is 0 Å². The maximum Gasteiger partial charge on any atom is 0.323 e. The van der Waals surface area contributed by atoms with E-state index in [0.29, 0.717) is 6.54 Å². The molecule has 1 saturated heterocycles. The molecule has 3 rings (SSSR count).